The summed E-state index contributed by atoms with van der Waals surface area (Å²) in [6.45, 7) is 5.58. The average Bonchev–Trinajstić information content (AvgIpc) is 3.01. The van der Waals surface area contributed by atoms with Gasteiger partial charge in [0, 0.05) is 55.4 Å². The van der Waals surface area contributed by atoms with Crippen molar-refractivity contribution >= 4 is 29.3 Å². The molecule has 0 bridgehead atoms. The lowest BCUT2D eigenvalue weighted by Crippen LogP contribution is -2.57. The van der Waals surface area contributed by atoms with E-state index >= 15 is 0 Å². The molecule has 1 saturated heterocycles. The topological polar surface area (TPSA) is 185 Å². The molecule has 1 amide bonds. The molecule has 218 valence electrons. The third-order valence-electron chi connectivity index (χ3n) is 6.88. The maximum atomic E-state index is 12.2. The van der Waals surface area contributed by atoms with Gasteiger partial charge in [-0.2, -0.15) is 0 Å². The molecule has 1 aromatic carbocycles. The van der Waals surface area contributed by atoms with Gasteiger partial charge < -0.3 is 31.7 Å². The number of nitrogens with one attached hydrogen (secondary N) is 1. The zero-order chi connectivity index (χ0) is 30.3. The number of aromatic hydroxyl groups is 1. The van der Waals surface area contributed by atoms with Gasteiger partial charge in [0.25, 0.3) is 5.91 Å². The fourth-order valence-electron chi connectivity index (χ4n) is 4.73. The lowest BCUT2D eigenvalue weighted by molar-refractivity contribution is -0.117. The summed E-state index contributed by atoms with van der Waals surface area (Å²) in [6, 6.07) is 12.5. The number of carbonyl (C=O) groups excluding carboxylic acids is 1. The molecule has 0 saturated carbocycles. The average molecular weight is 578 g/mol. The maximum Gasteiger partial charge on any atom is 0.268 e. The van der Waals surface area contributed by atoms with Crippen LogP contribution >= 0.6 is 0 Å². The summed E-state index contributed by atoms with van der Waals surface area (Å²) in [6.07, 6.45) is 6.18. The second kappa shape index (κ2) is 12.8. The summed E-state index contributed by atoms with van der Waals surface area (Å²) in [5.41, 5.74) is 14.0. The minimum Gasteiger partial charge on any atom is -0.507 e. The van der Waals surface area contributed by atoms with E-state index in [2.05, 4.69) is 70.9 Å². The van der Waals surface area contributed by atoms with Gasteiger partial charge in [-0.25, -0.2) is 19.9 Å². The van der Waals surface area contributed by atoms with E-state index in [1.165, 1.54) is 6.08 Å². The number of piperazine rings is 1. The van der Waals surface area contributed by atoms with E-state index in [1.54, 1.807) is 42.9 Å². The number of hydrogen-bond donors (Lipinski definition) is 4. The van der Waals surface area contributed by atoms with Crippen LogP contribution in [0.1, 0.15) is 25.5 Å². The number of phenols is 1. The predicted molar refractivity (Wildman–Crippen MR) is 163 cm³/mol. The molecular weight excluding hydrogens is 546 g/mol. The zero-order valence-corrected chi connectivity index (χ0v) is 23.7. The van der Waals surface area contributed by atoms with Crippen LogP contribution in [0.3, 0.4) is 0 Å². The molecule has 4 heterocycles. The van der Waals surface area contributed by atoms with E-state index in [-0.39, 0.29) is 30.1 Å². The van der Waals surface area contributed by atoms with Gasteiger partial charge in [-0.05, 0) is 50.1 Å². The summed E-state index contributed by atoms with van der Waals surface area (Å²) < 4.78 is 0. The van der Waals surface area contributed by atoms with Crippen molar-refractivity contribution in [2.75, 3.05) is 35.2 Å². The lowest BCUT2D eigenvalue weighted by atomic mass is 10.1. The number of nitrogen functional groups attached to an aromatic ring is 1. The van der Waals surface area contributed by atoms with Crippen molar-refractivity contribution in [2.45, 2.75) is 25.9 Å². The Morgan fingerprint density at radius 3 is 2.58 bits per heavy atom. The Hall–Kier alpha value is -5.77. The van der Waals surface area contributed by atoms with Crippen LogP contribution in [0, 0.1) is 11.8 Å². The van der Waals surface area contributed by atoms with Crippen molar-refractivity contribution < 1.29 is 9.90 Å². The first-order valence-corrected chi connectivity index (χ1v) is 13.6. The number of nitrogens with two attached hydrogens (primary N) is 2. The number of carbonyl (C=O) groups is 1. The van der Waals surface area contributed by atoms with E-state index in [0.29, 0.717) is 41.8 Å². The number of nitrogens with zero attached hydrogens (tertiary/aromatic N) is 8. The molecule has 0 aliphatic carbocycles. The molecular formula is C30H31N11O2. The SMILES string of the molecule is C[C@@H]1CN(c2cc(-c3ccccc3O)nnc2N)[C@H](C)CN1c1ccnc(C#CCNC(=O)/C(N)=C/c2ncccn2)n1. The minimum atomic E-state index is -0.477. The van der Waals surface area contributed by atoms with Gasteiger partial charge in [0.05, 0.1) is 17.9 Å². The van der Waals surface area contributed by atoms with Gasteiger partial charge >= 0.3 is 0 Å². The van der Waals surface area contributed by atoms with Crippen molar-refractivity contribution in [3.8, 4) is 28.8 Å². The van der Waals surface area contributed by atoms with Gasteiger partial charge in [-0.3, -0.25) is 4.79 Å². The molecule has 4 aromatic rings. The quantitative estimate of drug-likeness (QED) is 0.192. The number of rotatable bonds is 6. The van der Waals surface area contributed by atoms with Gasteiger partial charge in [-0.15, -0.1) is 10.2 Å². The second-order valence-electron chi connectivity index (χ2n) is 9.95. The summed E-state index contributed by atoms with van der Waals surface area (Å²) in [4.78, 5) is 33.6. The van der Waals surface area contributed by atoms with Crippen LogP contribution in [-0.2, 0) is 4.79 Å². The Bertz CT molecular complexity index is 1700. The van der Waals surface area contributed by atoms with Crippen LogP contribution in [0.25, 0.3) is 17.3 Å². The van der Waals surface area contributed by atoms with Gasteiger partial charge in [0.15, 0.2) is 11.6 Å². The number of amides is 1. The molecule has 3 aromatic heterocycles. The van der Waals surface area contributed by atoms with Crippen LogP contribution in [0.15, 0.2) is 66.8 Å². The Morgan fingerprint density at radius 2 is 1.79 bits per heavy atom. The Kier molecular flexibility index (Phi) is 8.57. The van der Waals surface area contributed by atoms with Crippen LogP contribution in [0.5, 0.6) is 5.75 Å². The molecule has 2 atom stereocenters. The predicted octanol–water partition coefficient (Wildman–Crippen LogP) is 1.58. The van der Waals surface area contributed by atoms with Crippen molar-refractivity contribution in [1.29, 1.82) is 0 Å². The third kappa shape index (κ3) is 6.76. The molecule has 0 unspecified atom stereocenters. The highest BCUT2D eigenvalue weighted by Crippen LogP contribution is 2.34. The van der Waals surface area contributed by atoms with Crippen LogP contribution < -0.4 is 26.6 Å². The smallest absolute Gasteiger partial charge is 0.268 e. The summed E-state index contributed by atoms with van der Waals surface area (Å²) in [7, 11) is 0. The minimum absolute atomic E-state index is 0.0211. The van der Waals surface area contributed by atoms with Crippen LogP contribution in [0.4, 0.5) is 17.3 Å². The van der Waals surface area contributed by atoms with Crippen LogP contribution in [0.2, 0.25) is 0 Å². The first kappa shape index (κ1) is 28.7. The van der Waals surface area contributed by atoms with E-state index in [4.69, 9.17) is 11.5 Å². The van der Waals surface area contributed by atoms with Crippen molar-refractivity contribution in [1.82, 2.24) is 35.5 Å². The first-order valence-electron chi connectivity index (χ1n) is 13.6. The Morgan fingerprint density at radius 1 is 1.05 bits per heavy atom. The number of aromatic nitrogens is 6. The molecule has 1 aliphatic heterocycles. The summed E-state index contributed by atoms with van der Waals surface area (Å²) in [5.74, 6) is 7.17. The fraction of sp³-hybridized carbons (Fsp3) is 0.233. The highest BCUT2D eigenvalue weighted by molar-refractivity contribution is 5.96. The lowest BCUT2D eigenvalue weighted by Gasteiger charge is -2.45. The van der Waals surface area contributed by atoms with Crippen molar-refractivity contribution in [2.24, 2.45) is 5.73 Å². The number of anilines is 3. The fourth-order valence-corrected chi connectivity index (χ4v) is 4.73. The Balaban J connectivity index is 1.24. The van der Waals surface area contributed by atoms with E-state index < -0.39 is 5.91 Å². The first-order chi connectivity index (χ1) is 20.8. The highest BCUT2D eigenvalue weighted by atomic mass is 16.3. The van der Waals surface area contributed by atoms with Crippen LogP contribution in [-0.4, -0.2) is 72.9 Å². The second-order valence-corrected chi connectivity index (χ2v) is 9.95. The molecule has 13 heteroatoms. The molecule has 5 rings (SSSR count). The monoisotopic (exact) mass is 577 g/mol. The Labute approximate surface area is 248 Å². The van der Waals surface area contributed by atoms with Crippen molar-refractivity contribution in [3.63, 3.8) is 0 Å². The molecule has 43 heavy (non-hydrogen) atoms. The number of benzene rings is 1. The number of para-hydroxylation sites is 1. The molecule has 0 spiro atoms. The van der Waals surface area contributed by atoms with Crippen molar-refractivity contribution in [3.05, 3.63) is 78.4 Å². The van der Waals surface area contributed by atoms with E-state index in [0.717, 1.165) is 11.5 Å². The van der Waals surface area contributed by atoms with E-state index in [9.17, 15) is 9.90 Å². The maximum absolute atomic E-state index is 12.2. The molecule has 1 fully saturated rings. The number of phenolic OH excluding ortho intramolecular Hbond substituents is 1. The molecule has 6 N–H and O–H groups in total. The summed E-state index contributed by atoms with van der Waals surface area (Å²) in [5, 5.41) is 21.3. The standard InChI is InChI=1S/C30H31N11O2/c1-19-18-41(20(2)17-40(19)24-16-23(38-39-29(24)32)21-7-3-4-8-25(21)42)28-10-14-35-26(37-28)9-5-11-36-30(43)22(31)15-27-33-12-6-13-34-27/h3-4,6-8,10,12-16,19-20,42H,11,17-18,31H2,1-2H3,(H2,32,39)(H,36,43)/b22-15-/t19-,20-/m1/s1. The largest absolute Gasteiger partial charge is 0.507 e. The number of hydrogen-bond acceptors (Lipinski definition) is 12. The molecule has 13 nitrogen and oxygen atoms in total. The van der Waals surface area contributed by atoms with E-state index in [1.807, 2.05) is 18.2 Å². The van der Waals surface area contributed by atoms with Gasteiger partial charge in [0.2, 0.25) is 5.82 Å². The zero-order valence-electron chi connectivity index (χ0n) is 23.7. The third-order valence-corrected chi connectivity index (χ3v) is 6.88. The molecule has 0 radical (unpaired) electrons. The van der Waals surface area contributed by atoms with Gasteiger partial charge in [0.1, 0.15) is 17.3 Å². The normalized spacial score (nSPS) is 16.7. The molecule has 1 aliphatic rings. The summed E-state index contributed by atoms with van der Waals surface area (Å²) >= 11 is 0. The highest BCUT2D eigenvalue weighted by Gasteiger charge is 2.32. The van der Waals surface area contributed by atoms with Gasteiger partial charge in [-0.1, -0.05) is 18.1 Å².